The average molecular weight is 264 g/mol. The highest BCUT2D eigenvalue weighted by atomic mass is 16.5. The summed E-state index contributed by atoms with van der Waals surface area (Å²) in [5.41, 5.74) is 0.298. The minimum Gasteiger partial charge on any atom is -0.494 e. The highest BCUT2D eigenvalue weighted by Gasteiger charge is 2.17. The Balaban J connectivity index is 1.93. The summed E-state index contributed by atoms with van der Waals surface area (Å²) >= 11 is 0. The summed E-state index contributed by atoms with van der Waals surface area (Å²) in [6.45, 7) is 2.94. The van der Waals surface area contributed by atoms with Crippen LogP contribution in [0.2, 0.25) is 0 Å². The number of ether oxygens (including phenoxy) is 2. The van der Waals surface area contributed by atoms with Crippen LogP contribution in [-0.4, -0.2) is 38.8 Å². The van der Waals surface area contributed by atoms with Crippen LogP contribution in [0.1, 0.15) is 12.8 Å². The van der Waals surface area contributed by atoms with E-state index in [1.165, 1.54) is 26.5 Å². The van der Waals surface area contributed by atoms with Gasteiger partial charge >= 0.3 is 0 Å². The van der Waals surface area contributed by atoms with Gasteiger partial charge in [-0.05, 0) is 43.7 Å². The number of nitrogens with zero attached hydrogens (tertiary/aromatic N) is 2. The summed E-state index contributed by atoms with van der Waals surface area (Å²) in [7, 11) is 3.66. The zero-order valence-corrected chi connectivity index (χ0v) is 11.5. The summed E-state index contributed by atoms with van der Waals surface area (Å²) in [6.07, 6.45) is 2.43. The van der Waals surface area contributed by atoms with Gasteiger partial charge in [-0.3, -0.25) is 0 Å². The zero-order valence-electron chi connectivity index (χ0n) is 11.5. The van der Waals surface area contributed by atoms with E-state index in [1.54, 1.807) is 18.2 Å². The molecule has 1 fully saturated rings. The summed E-state index contributed by atoms with van der Waals surface area (Å²) in [4.78, 5) is 12.9. The van der Waals surface area contributed by atoms with Gasteiger partial charge in [-0.25, -0.2) is 0 Å². The lowest BCUT2D eigenvalue weighted by molar-refractivity contribution is 0.150. The van der Waals surface area contributed by atoms with Crippen molar-refractivity contribution in [2.45, 2.75) is 12.8 Å². The van der Waals surface area contributed by atoms with E-state index in [2.05, 4.69) is 17.1 Å². The molecule has 0 aromatic heterocycles. The molecule has 0 N–H and O–H groups in total. The summed E-state index contributed by atoms with van der Waals surface area (Å²) in [5, 5.41) is 2.91. The Hall–Kier alpha value is -1.62. The third-order valence-electron chi connectivity index (χ3n) is 3.46. The van der Waals surface area contributed by atoms with Crippen LogP contribution in [0, 0.1) is 10.8 Å². The summed E-state index contributed by atoms with van der Waals surface area (Å²) in [6, 6.07) is 5.09. The number of likely N-dealkylation sites (tertiary alicyclic amines) is 1. The van der Waals surface area contributed by atoms with E-state index in [0.717, 1.165) is 12.3 Å². The molecule has 1 atom stereocenters. The number of rotatable bonds is 5. The molecule has 2 rings (SSSR count). The fraction of sp³-hybridized carbons (Fsp3) is 0.571. The number of hydrogen-bond donors (Lipinski definition) is 0. The first kappa shape index (κ1) is 13.8. The van der Waals surface area contributed by atoms with Crippen molar-refractivity contribution in [1.29, 1.82) is 0 Å². The molecule has 5 nitrogen and oxygen atoms in total. The van der Waals surface area contributed by atoms with Gasteiger partial charge in [0.15, 0.2) is 5.75 Å². The van der Waals surface area contributed by atoms with Crippen molar-refractivity contribution in [3.05, 3.63) is 23.1 Å². The number of methoxy groups -OCH3 is 1. The Morgan fingerprint density at radius 1 is 1.47 bits per heavy atom. The molecule has 1 aliphatic heterocycles. The zero-order chi connectivity index (χ0) is 13.7. The van der Waals surface area contributed by atoms with Crippen LogP contribution < -0.4 is 9.47 Å². The molecule has 0 spiro atoms. The minimum absolute atomic E-state index is 0.298. The third kappa shape index (κ3) is 3.67. The second-order valence-electron chi connectivity index (χ2n) is 5.01. The molecule has 0 aliphatic carbocycles. The van der Waals surface area contributed by atoms with Crippen molar-refractivity contribution < 1.29 is 9.47 Å². The van der Waals surface area contributed by atoms with Crippen molar-refractivity contribution in [3.8, 4) is 11.5 Å². The lowest BCUT2D eigenvalue weighted by atomic mass is 10.00. The number of hydrogen-bond acceptors (Lipinski definition) is 5. The van der Waals surface area contributed by atoms with Crippen molar-refractivity contribution in [3.63, 3.8) is 0 Å². The number of piperidine rings is 1. The smallest absolute Gasteiger partial charge is 0.151 e. The van der Waals surface area contributed by atoms with Crippen LogP contribution in [0.4, 0.5) is 5.69 Å². The normalized spacial score (nSPS) is 20.0. The van der Waals surface area contributed by atoms with Crippen molar-refractivity contribution in [1.82, 2.24) is 4.90 Å². The molecule has 1 unspecified atom stereocenters. The second kappa shape index (κ2) is 6.52. The average Bonchev–Trinajstić information content (AvgIpc) is 2.45. The van der Waals surface area contributed by atoms with Gasteiger partial charge in [-0.1, -0.05) is 0 Å². The van der Waals surface area contributed by atoms with E-state index in [-0.39, 0.29) is 0 Å². The Kier molecular flexibility index (Phi) is 4.74. The number of nitroso groups, excluding NO2 is 1. The van der Waals surface area contributed by atoms with Gasteiger partial charge in [-0.15, -0.1) is 4.91 Å². The molecule has 104 valence electrons. The minimum atomic E-state index is 0.298. The Morgan fingerprint density at radius 3 is 3.00 bits per heavy atom. The van der Waals surface area contributed by atoms with E-state index >= 15 is 0 Å². The maximum absolute atomic E-state index is 10.6. The Morgan fingerprint density at radius 2 is 2.32 bits per heavy atom. The fourth-order valence-electron chi connectivity index (χ4n) is 2.45. The van der Waals surface area contributed by atoms with E-state index < -0.39 is 0 Å². The van der Waals surface area contributed by atoms with Gasteiger partial charge in [-0.2, -0.15) is 0 Å². The predicted octanol–water partition coefficient (Wildman–Crippen LogP) is 2.81. The highest BCUT2D eigenvalue weighted by Crippen LogP contribution is 2.31. The Labute approximate surface area is 113 Å². The fourth-order valence-corrected chi connectivity index (χ4v) is 2.45. The third-order valence-corrected chi connectivity index (χ3v) is 3.46. The molecule has 1 aromatic carbocycles. The van der Waals surface area contributed by atoms with Gasteiger partial charge < -0.3 is 14.4 Å². The largest absolute Gasteiger partial charge is 0.494 e. The quantitative estimate of drug-likeness (QED) is 0.767. The van der Waals surface area contributed by atoms with E-state index in [9.17, 15) is 4.91 Å². The van der Waals surface area contributed by atoms with Gasteiger partial charge in [0.2, 0.25) is 0 Å². The predicted molar refractivity (Wildman–Crippen MR) is 74.2 cm³/mol. The van der Waals surface area contributed by atoms with E-state index in [0.29, 0.717) is 24.0 Å². The first-order valence-corrected chi connectivity index (χ1v) is 6.55. The van der Waals surface area contributed by atoms with Crippen molar-refractivity contribution in [2.24, 2.45) is 11.1 Å². The summed E-state index contributed by atoms with van der Waals surface area (Å²) in [5.74, 6) is 1.74. The van der Waals surface area contributed by atoms with Gasteiger partial charge in [0.05, 0.1) is 13.7 Å². The molecule has 0 amide bonds. The molecule has 1 aromatic rings. The second-order valence-corrected chi connectivity index (χ2v) is 5.01. The van der Waals surface area contributed by atoms with E-state index in [4.69, 9.17) is 9.47 Å². The van der Waals surface area contributed by atoms with Crippen LogP contribution >= 0.6 is 0 Å². The molecular weight excluding hydrogens is 244 g/mol. The molecule has 19 heavy (non-hydrogen) atoms. The molecule has 0 bridgehead atoms. The lowest BCUT2D eigenvalue weighted by Gasteiger charge is -2.29. The van der Waals surface area contributed by atoms with E-state index in [1.807, 2.05) is 0 Å². The standard InChI is InChI=1S/C14H20N2O3/c1-16-7-3-4-11(9-16)10-19-12-5-6-13(15-17)14(8-12)18-2/h5-6,8,11H,3-4,7,9-10H2,1-2H3. The van der Waals surface area contributed by atoms with Crippen molar-refractivity contribution >= 4 is 5.69 Å². The number of benzene rings is 1. The SMILES string of the molecule is COc1cc(OCC2CCCN(C)C2)ccc1N=O. The lowest BCUT2D eigenvalue weighted by Crippen LogP contribution is -2.34. The van der Waals surface area contributed by atoms with Crippen LogP contribution in [-0.2, 0) is 0 Å². The Bertz CT molecular complexity index is 437. The molecule has 0 radical (unpaired) electrons. The monoisotopic (exact) mass is 264 g/mol. The topological polar surface area (TPSA) is 51.1 Å². The molecule has 1 aliphatic rings. The van der Waals surface area contributed by atoms with Crippen LogP contribution in [0.5, 0.6) is 11.5 Å². The van der Waals surface area contributed by atoms with Gasteiger partial charge in [0, 0.05) is 18.5 Å². The first-order valence-electron chi connectivity index (χ1n) is 6.55. The molecule has 1 saturated heterocycles. The van der Waals surface area contributed by atoms with Gasteiger partial charge in [0.1, 0.15) is 11.4 Å². The van der Waals surface area contributed by atoms with Crippen LogP contribution in [0.15, 0.2) is 23.4 Å². The van der Waals surface area contributed by atoms with Crippen molar-refractivity contribution in [2.75, 3.05) is 33.9 Å². The van der Waals surface area contributed by atoms with Crippen LogP contribution in [0.25, 0.3) is 0 Å². The van der Waals surface area contributed by atoms with Gasteiger partial charge in [0.25, 0.3) is 0 Å². The summed E-state index contributed by atoms with van der Waals surface area (Å²) < 4.78 is 10.9. The highest BCUT2D eigenvalue weighted by molar-refractivity contribution is 5.54. The molecule has 5 heteroatoms. The maximum Gasteiger partial charge on any atom is 0.151 e. The molecule has 1 heterocycles. The molecule has 0 saturated carbocycles. The first-order chi connectivity index (χ1) is 9.22. The van der Waals surface area contributed by atoms with Crippen LogP contribution in [0.3, 0.4) is 0 Å². The molecular formula is C14H20N2O3. The maximum atomic E-state index is 10.6.